The van der Waals surface area contributed by atoms with Crippen molar-refractivity contribution in [1.82, 2.24) is 20.4 Å². The molecule has 1 aromatic rings. The normalized spacial score (nSPS) is 23.9. The number of methoxy groups -OCH3 is 1. The largest absolute Gasteiger partial charge is 0.495 e. The number of ether oxygens (including phenoxy) is 4. The maximum Gasteiger partial charge on any atom is 0.407 e. The number of nitrogens with one attached hydrogen (secondary N) is 2. The molecule has 8 atom stereocenters. The smallest absolute Gasteiger partial charge is 0.407 e. The number of aliphatic carboxylic acids is 1. The molecule has 0 bridgehead atoms. The molecule has 3 aliphatic heterocycles. The van der Waals surface area contributed by atoms with Crippen LogP contribution in [0.4, 0.5) is 4.79 Å². The Hall–Kier alpha value is -4.65. The zero-order valence-electron chi connectivity index (χ0n) is 36.2. The van der Waals surface area contributed by atoms with Crippen molar-refractivity contribution in [3.8, 4) is 5.75 Å². The van der Waals surface area contributed by atoms with Crippen LogP contribution in [0.2, 0.25) is 5.02 Å². The molecule has 7 unspecified atom stereocenters. The number of alkyl carbamates (subject to hydrolysis) is 1. The number of carbonyl (C=O) groups excluding carboxylic acids is 6. The Morgan fingerprint density at radius 3 is 2.65 bits per heavy atom. The molecule has 0 aliphatic carbocycles. The molecule has 0 radical (unpaired) electrons. The van der Waals surface area contributed by atoms with Crippen LogP contribution >= 0.6 is 23.4 Å². The van der Waals surface area contributed by atoms with Crippen LogP contribution in [0.25, 0.3) is 0 Å². The number of carbonyl (C=O) groups is 7. The second-order valence-corrected chi connectivity index (χ2v) is 17.7. The van der Waals surface area contributed by atoms with E-state index < -0.39 is 59.3 Å². The number of rotatable bonds is 24. The number of benzene rings is 1. The van der Waals surface area contributed by atoms with Crippen LogP contribution in [-0.2, 0) is 49.4 Å². The van der Waals surface area contributed by atoms with Crippen molar-refractivity contribution in [2.24, 2.45) is 5.73 Å². The summed E-state index contributed by atoms with van der Waals surface area (Å²) in [7, 11) is 4.54. The van der Waals surface area contributed by atoms with Gasteiger partial charge in [0.25, 0.3) is 0 Å². The monoisotopic (exact) mass is 905 g/mol. The van der Waals surface area contributed by atoms with Crippen LogP contribution in [0.3, 0.4) is 0 Å². The van der Waals surface area contributed by atoms with E-state index >= 15 is 0 Å². The highest BCUT2D eigenvalue weighted by molar-refractivity contribution is 8.00. The predicted octanol–water partition coefficient (Wildman–Crippen LogP) is 3.93. The lowest BCUT2D eigenvalue weighted by atomic mass is 9.92. The molecule has 5 amide bonds. The van der Waals surface area contributed by atoms with E-state index in [0.717, 1.165) is 29.3 Å². The zero-order valence-corrected chi connectivity index (χ0v) is 37.8. The summed E-state index contributed by atoms with van der Waals surface area (Å²) in [5.74, 6) is -2.65. The molecule has 0 saturated carbocycles. The van der Waals surface area contributed by atoms with Gasteiger partial charge in [-0.15, -0.1) is 11.8 Å². The fraction of sp³-hybridized carbons (Fsp3) is 0.605. The summed E-state index contributed by atoms with van der Waals surface area (Å²) in [5.41, 5.74) is 6.66. The van der Waals surface area contributed by atoms with Crippen LogP contribution in [0.1, 0.15) is 84.1 Å². The van der Waals surface area contributed by atoms with Crippen molar-refractivity contribution in [2.75, 3.05) is 33.5 Å². The molecular formula is C43H60ClN5O12S. The third-order valence-electron chi connectivity index (χ3n) is 11.4. The summed E-state index contributed by atoms with van der Waals surface area (Å²) in [6.45, 7) is 5.48. The van der Waals surface area contributed by atoms with Gasteiger partial charge in [-0.05, 0) is 64.2 Å². The summed E-state index contributed by atoms with van der Waals surface area (Å²) >= 11 is 7.20. The highest BCUT2D eigenvalue weighted by Crippen LogP contribution is 2.45. The summed E-state index contributed by atoms with van der Waals surface area (Å²) in [4.78, 5) is 90.2. The summed E-state index contributed by atoms with van der Waals surface area (Å²) in [6, 6.07) is 3.37. The summed E-state index contributed by atoms with van der Waals surface area (Å²) < 4.78 is 22.9. The van der Waals surface area contributed by atoms with Gasteiger partial charge in [-0.3, -0.25) is 28.9 Å². The van der Waals surface area contributed by atoms with Crippen LogP contribution in [0, 0.1) is 0 Å². The molecule has 62 heavy (non-hydrogen) atoms. The van der Waals surface area contributed by atoms with Gasteiger partial charge in [-0.1, -0.05) is 47.9 Å². The van der Waals surface area contributed by atoms with Gasteiger partial charge in [0.1, 0.15) is 35.6 Å². The van der Waals surface area contributed by atoms with Gasteiger partial charge in [-0.25, -0.2) is 9.59 Å². The number of nitrogens with zero attached hydrogens (tertiary/aromatic N) is 2. The first kappa shape index (κ1) is 50.0. The molecule has 0 aromatic heterocycles. The van der Waals surface area contributed by atoms with Crippen molar-refractivity contribution in [3.63, 3.8) is 0 Å². The number of imide groups is 1. The number of epoxide rings is 1. The van der Waals surface area contributed by atoms with Crippen molar-refractivity contribution < 1.29 is 57.6 Å². The average molecular weight is 906 g/mol. The number of allylic oxidation sites excluding steroid dienone is 3. The van der Waals surface area contributed by atoms with E-state index in [-0.39, 0.29) is 61.2 Å². The highest BCUT2D eigenvalue weighted by Gasteiger charge is 2.61. The second-order valence-electron chi connectivity index (χ2n) is 16.1. The molecule has 1 aromatic carbocycles. The molecule has 3 aliphatic rings. The van der Waals surface area contributed by atoms with Crippen LogP contribution in [0.15, 0.2) is 42.0 Å². The number of carboxylic acid groups (broad SMARTS) is 1. The number of halogens is 1. The maximum absolute atomic E-state index is 13.4. The Morgan fingerprint density at radius 1 is 1.21 bits per heavy atom. The van der Waals surface area contributed by atoms with E-state index in [1.807, 2.05) is 43.4 Å². The van der Waals surface area contributed by atoms with Crippen molar-refractivity contribution in [1.29, 1.82) is 0 Å². The Morgan fingerprint density at radius 2 is 1.95 bits per heavy atom. The number of thioether (sulfide) groups is 1. The molecule has 19 heteroatoms. The average Bonchev–Trinajstić information content (AvgIpc) is 3.81. The Bertz CT molecular complexity index is 1880. The predicted molar refractivity (Wildman–Crippen MR) is 231 cm³/mol. The SMILES string of the molecule is CNC(=O)C[C@H](OC(=O)C(C)N(C)C(=O)CCCCCN1C(=O)CC(SCC(N)C(=O)O)C1=O)C1(C)OC1CC1CC(C/C=C/C=C(\C)Cc2ccc(Cl)c(OC)c2)NC(=O)O1. The lowest BCUT2D eigenvalue weighted by Gasteiger charge is -2.30. The number of amides is 5. The van der Waals surface area contributed by atoms with Gasteiger partial charge in [0.15, 0.2) is 0 Å². The van der Waals surface area contributed by atoms with Gasteiger partial charge >= 0.3 is 18.0 Å². The Balaban J connectivity index is 1.22. The van der Waals surface area contributed by atoms with Gasteiger partial charge in [0, 0.05) is 58.1 Å². The van der Waals surface area contributed by atoms with Crippen LogP contribution in [0.5, 0.6) is 5.75 Å². The maximum atomic E-state index is 13.4. The van der Waals surface area contributed by atoms with Crippen molar-refractivity contribution in [2.45, 2.75) is 132 Å². The van der Waals surface area contributed by atoms with Gasteiger partial charge in [0.05, 0.1) is 29.9 Å². The molecule has 17 nitrogen and oxygen atoms in total. The lowest BCUT2D eigenvalue weighted by Crippen LogP contribution is -2.47. The van der Waals surface area contributed by atoms with E-state index in [1.165, 1.54) is 30.8 Å². The minimum absolute atomic E-state index is 0.0118. The molecule has 5 N–H and O–H groups in total. The fourth-order valence-electron chi connectivity index (χ4n) is 7.28. The minimum Gasteiger partial charge on any atom is -0.495 e. The standard InChI is InChI=1S/C43H60ClN5O12S/c1-25(18-27-15-16-30(44)32(19-27)58-6)12-9-10-13-28-20-29(59-42(57)47-28)21-35-43(3,61-35)34(23-36(50)46-4)60-41(56)26(2)48(5)37(51)14-8-7-11-17-49-38(52)22-33(39(49)53)62-24-31(45)40(54)55/h9-10,12,15-16,19,26,28-29,31,33-35H,7-8,11,13-14,17-18,20-24,45H2,1-6H3,(H,46,50)(H,47,57)(H,54,55)/b10-9+,25-12+/t26?,28?,29?,31?,33?,34-,35?,43?/m0/s1. The molecular weight excluding hydrogens is 846 g/mol. The number of carboxylic acids is 1. The van der Waals surface area contributed by atoms with E-state index in [2.05, 4.69) is 10.6 Å². The molecule has 4 rings (SSSR count). The number of likely N-dealkylation sites (tertiary alicyclic amines) is 1. The number of likely N-dealkylation sites (N-methyl/N-ethyl adjacent to an activating group) is 1. The number of hydrogen-bond acceptors (Lipinski definition) is 13. The quantitative estimate of drug-likeness (QED) is 0.0379. The first-order valence-electron chi connectivity index (χ1n) is 20.8. The third kappa shape index (κ3) is 14.2. The molecule has 3 heterocycles. The number of hydrogen-bond donors (Lipinski definition) is 4. The molecule has 3 fully saturated rings. The van der Waals surface area contributed by atoms with Gasteiger partial charge < -0.3 is 45.3 Å². The first-order chi connectivity index (χ1) is 29.4. The molecule has 342 valence electrons. The minimum atomic E-state index is -1.18. The number of esters is 1. The van der Waals surface area contributed by atoms with E-state index in [1.54, 1.807) is 14.0 Å². The summed E-state index contributed by atoms with van der Waals surface area (Å²) in [6.07, 6.45) is 6.95. The van der Waals surface area contributed by atoms with Gasteiger partial charge in [0.2, 0.25) is 23.6 Å². The van der Waals surface area contributed by atoms with E-state index in [9.17, 15) is 33.6 Å². The summed E-state index contributed by atoms with van der Waals surface area (Å²) in [5, 5.41) is 14.3. The Kier molecular flexibility index (Phi) is 18.7. The van der Waals surface area contributed by atoms with E-state index in [0.29, 0.717) is 49.3 Å². The van der Waals surface area contributed by atoms with Crippen molar-refractivity contribution in [3.05, 3.63) is 52.6 Å². The lowest BCUT2D eigenvalue weighted by molar-refractivity contribution is -0.162. The number of cyclic esters (lactones) is 1. The fourth-order valence-corrected chi connectivity index (χ4v) is 8.58. The number of unbranched alkanes of at least 4 members (excludes halogenated alkanes) is 2. The van der Waals surface area contributed by atoms with Crippen molar-refractivity contribution >= 4 is 65.0 Å². The first-order valence-corrected chi connectivity index (χ1v) is 22.2. The topological polar surface area (TPSA) is 236 Å². The highest BCUT2D eigenvalue weighted by atomic mass is 35.5. The third-order valence-corrected chi connectivity index (χ3v) is 13.0. The van der Waals surface area contributed by atoms with E-state index in [4.69, 9.17) is 41.4 Å². The second kappa shape index (κ2) is 23.2. The molecule has 3 saturated heterocycles. The number of nitrogens with two attached hydrogens (primary N) is 1. The van der Waals surface area contributed by atoms with Crippen LogP contribution < -0.4 is 21.1 Å². The Labute approximate surface area is 371 Å². The van der Waals surface area contributed by atoms with Gasteiger partial charge in [-0.2, -0.15) is 0 Å². The zero-order chi connectivity index (χ0) is 45.7. The molecule has 0 spiro atoms. The van der Waals surface area contributed by atoms with Crippen LogP contribution in [-0.4, -0.2) is 137 Å².